The van der Waals surface area contributed by atoms with Crippen LogP contribution in [0.1, 0.15) is 20.9 Å². The van der Waals surface area contributed by atoms with E-state index >= 15 is 0 Å². The molecule has 2 aromatic heterocycles. The van der Waals surface area contributed by atoms with Crippen molar-refractivity contribution < 1.29 is 13.9 Å². The van der Waals surface area contributed by atoms with Gasteiger partial charge in [0.25, 0.3) is 0 Å². The first-order valence-electron chi connectivity index (χ1n) is 5.01. The van der Waals surface area contributed by atoms with Gasteiger partial charge in [0, 0.05) is 17.0 Å². The van der Waals surface area contributed by atoms with Gasteiger partial charge in [0.05, 0.1) is 19.6 Å². The van der Waals surface area contributed by atoms with Crippen LogP contribution in [0.5, 0.6) is 0 Å². The van der Waals surface area contributed by atoms with Crippen LogP contribution in [0.3, 0.4) is 0 Å². The van der Waals surface area contributed by atoms with Gasteiger partial charge in [0.1, 0.15) is 0 Å². The Labute approximate surface area is 102 Å². The Morgan fingerprint density at radius 3 is 3.12 bits per heavy atom. The van der Waals surface area contributed by atoms with Crippen molar-refractivity contribution >= 4 is 22.4 Å². The summed E-state index contributed by atoms with van der Waals surface area (Å²) in [7, 11) is 1.35. The zero-order valence-electron chi connectivity index (χ0n) is 9.52. The van der Waals surface area contributed by atoms with Crippen molar-refractivity contribution in [3.05, 3.63) is 34.7 Å². The van der Waals surface area contributed by atoms with Crippen LogP contribution in [0.25, 0.3) is 0 Å². The number of nitrogens with zero attached hydrogens (tertiary/aromatic N) is 1. The number of aromatic nitrogens is 1. The molecule has 0 radical (unpaired) electrons. The van der Waals surface area contributed by atoms with Gasteiger partial charge in [0.15, 0.2) is 10.8 Å². The zero-order valence-corrected chi connectivity index (χ0v) is 10.3. The fourth-order valence-corrected chi connectivity index (χ4v) is 2.13. The van der Waals surface area contributed by atoms with E-state index in [0.29, 0.717) is 17.4 Å². The lowest BCUT2D eigenvalue weighted by Crippen LogP contribution is -2.04. The second-order valence-corrected chi connectivity index (χ2v) is 4.60. The molecule has 2 rings (SSSR count). The average molecular weight is 252 g/mol. The van der Waals surface area contributed by atoms with Crippen LogP contribution in [0.15, 0.2) is 23.0 Å². The molecule has 2 heterocycles. The molecule has 0 spiro atoms. The van der Waals surface area contributed by atoms with Crippen LogP contribution >= 0.6 is 11.3 Å². The molecule has 0 saturated heterocycles. The Bertz CT molecular complexity index is 505. The molecule has 17 heavy (non-hydrogen) atoms. The normalized spacial score (nSPS) is 10.2. The Hall–Kier alpha value is -1.82. The molecule has 0 saturated carbocycles. The third-order valence-electron chi connectivity index (χ3n) is 2.20. The van der Waals surface area contributed by atoms with Gasteiger partial charge in [-0.1, -0.05) is 0 Å². The molecular formula is C11H12N2O3S. The SMILES string of the molecule is COC(=O)c1nc(NCc2ccoc2)sc1C. The highest BCUT2D eigenvalue weighted by molar-refractivity contribution is 7.15. The first-order chi connectivity index (χ1) is 8.20. The number of carbonyl (C=O) groups excluding carboxylic acids is 1. The summed E-state index contributed by atoms with van der Waals surface area (Å²) in [4.78, 5) is 16.4. The Balaban J connectivity index is 2.05. The molecular weight excluding hydrogens is 240 g/mol. The summed E-state index contributed by atoms with van der Waals surface area (Å²) in [5.74, 6) is -0.407. The minimum atomic E-state index is -0.407. The van der Waals surface area contributed by atoms with Gasteiger partial charge in [-0.2, -0.15) is 0 Å². The monoisotopic (exact) mass is 252 g/mol. The number of aryl methyl sites for hydroxylation is 1. The number of esters is 1. The van der Waals surface area contributed by atoms with Crippen LogP contribution in [0, 0.1) is 6.92 Å². The summed E-state index contributed by atoms with van der Waals surface area (Å²) in [6, 6.07) is 1.87. The van der Waals surface area contributed by atoms with E-state index in [0.717, 1.165) is 10.4 Å². The quantitative estimate of drug-likeness (QED) is 0.847. The molecule has 0 atom stereocenters. The van der Waals surface area contributed by atoms with Crippen molar-refractivity contribution in [3.63, 3.8) is 0 Å². The van der Waals surface area contributed by atoms with Crippen LogP contribution in [-0.4, -0.2) is 18.1 Å². The number of hydrogen-bond acceptors (Lipinski definition) is 6. The van der Waals surface area contributed by atoms with E-state index in [9.17, 15) is 4.79 Å². The topological polar surface area (TPSA) is 64.4 Å². The second kappa shape index (κ2) is 5.01. The van der Waals surface area contributed by atoms with Crippen LogP contribution in [-0.2, 0) is 11.3 Å². The third kappa shape index (κ3) is 2.65. The lowest BCUT2D eigenvalue weighted by molar-refractivity contribution is 0.0594. The summed E-state index contributed by atoms with van der Waals surface area (Å²) < 4.78 is 9.60. The minimum Gasteiger partial charge on any atom is -0.472 e. The number of hydrogen-bond donors (Lipinski definition) is 1. The minimum absolute atomic E-state index is 0.368. The standard InChI is InChI=1S/C11H12N2O3S/c1-7-9(10(14)15-2)13-11(17-7)12-5-8-3-4-16-6-8/h3-4,6H,5H2,1-2H3,(H,12,13). The van der Waals surface area contributed by atoms with E-state index in [1.807, 2.05) is 13.0 Å². The summed E-state index contributed by atoms with van der Waals surface area (Å²) in [6.07, 6.45) is 3.28. The molecule has 6 heteroatoms. The van der Waals surface area contributed by atoms with Gasteiger partial charge in [-0.15, -0.1) is 11.3 Å². The number of carbonyl (C=O) groups is 1. The van der Waals surface area contributed by atoms with Crippen molar-refractivity contribution in [1.29, 1.82) is 0 Å². The lowest BCUT2D eigenvalue weighted by atomic mass is 10.3. The third-order valence-corrected chi connectivity index (χ3v) is 3.13. The maximum absolute atomic E-state index is 11.4. The number of thiazole rings is 1. The molecule has 90 valence electrons. The molecule has 0 aromatic carbocycles. The van der Waals surface area contributed by atoms with Gasteiger partial charge in [-0.3, -0.25) is 0 Å². The molecule has 0 amide bonds. The highest BCUT2D eigenvalue weighted by Crippen LogP contribution is 2.23. The maximum atomic E-state index is 11.4. The van der Waals surface area contributed by atoms with E-state index in [-0.39, 0.29) is 0 Å². The van der Waals surface area contributed by atoms with Crippen LogP contribution in [0.4, 0.5) is 5.13 Å². The van der Waals surface area contributed by atoms with E-state index < -0.39 is 5.97 Å². The first-order valence-corrected chi connectivity index (χ1v) is 5.83. The Morgan fingerprint density at radius 1 is 1.65 bits per heavy atom. The van der Waals surface area contributed by atoms with E-state index in [1.54, 1.807) is 12.5 Å². The number of nitrogens with one attached hydrogen (secondary N) is 1. The summed E-state index contributed by atoms with van der Waals surface area (Å²) in [5.41, 5.74) is 1.39. The smallest absolute Gasteiger partial charge is 0.357 e. The Morgan fingerprint density at radius 2 is 2.47 bits per heavy atom. The highest BCUT2D eigenvalue weighted by Gasteiger charge is 2.15. The molecule has 5 nitrogen and oxygen atoms in total. The van der Waals surface area contributed by atoms with Crippen LogP contribution in [0.2, 0.25) is 0 Å². The van der Waals surface area contributed by atoms with Crippen molar-refractivity contribution in [2.75, 3.05) is 12.4 Å². The molecule has 1 N–H and O–H groups in total. The van der Waals surface area contributed by atoms with Crippen molar-refractivity contribution in [3.8, 4) is 0 Å². The second-order valence-electron chi connectivity index (χ2n) is 3.40. The number of furan rings is 1. The van der Waals surface area contributed by atoms with Crippen molar-refractivity contribution in [2.24, 2.45) is 0 Å². The van der Waals surface area contributed by atoms with Gasteiger partial charge >= 0.3 is 5.97 Å². The Kier molecular flexibility index (Phi) is 3.43. The number of methoxy groups -OCH3 is 1. The van der Waals surface area contributed by atoms with E-state index in [2.05, 4.69) is 15.0 Å². The summed E-state index contributed by atoms with van der Waals surface area (Å²) >= 11 is 1.43. The van der Waals surface area contributed by atoms with Gasteiger partial charge in [-0.05, 0) is 13.0 Å². The fraction of sp³-hybridized carbons (Fsp3) is 0.273. The summed E-state index contributed by atoms with van der Waals surface area (Å²) in [5, 5.41) is 3.83. The molecule has 0 fully saturated rings. The largest absolute Gasteiger partial charge is 0.472 e. The lowest BCUT2D eigenvalue weighted by Gasteiger charge is -1.98. The maximum Gasteiger partial charge on any atom is 0.357 e. The molecule has 0 aliphatic rings. The molecule has 0 bridgehead atoms. The molecule has 0 aliphatic carbocycles. The molecule has 0 aliphatic heterocycles. The van der Waals surface area contributed by atoms with Gasteiger partial charge in [0.2, 0.25) is 0 Å². The van der Waals surface area contributed by atoms with Crippen LogP contribution < -0.4 is 5.32 Å². The van der Waals surface area contributed by atoms with Crippen molar-refractivity contribution in [2.45, 2.75) is 13.5 Å². The number of anilines is 1. The molecule has 2 aromatic rings. The van der Waals surface area contributed by atoms with Gasteiger partial charge < -0.3 is 14.5 Å². The summed E-state index contributed by atoms with van der Waals surface area (Å²) in [6.45, 7) is 2.46. The molecule has 0 unspecified atom stereocenters. The number of ether oxygens (including phenoxy) is 1. The highest BCUT2D eigenvalue weighted by atomic mass is 32.1. The van der Waals surface area contributed by atoms with Gasteiger partial charge in [-0.25, -0.2) is 9.78 Å². The first kappa shape index (κ1) is 11.7. The van der Waals surface area contributed by atoms with E-state index in [4.69, 9.17) is 4.42 Å². The predicted molar refractivity (Wildman–Crippen MR) is 64.2 cm³/mol. The fourth-order valence-electron chi connectivity index (χ4n) is 1.33. The van der Waals surface area contributed by atoms with E-state index in [1.165, 1.54) is 18.4 Å². The average Bonchev–Trinajstić information content (AvgIpc) is 2.94. The zero-order chi connectivity index (χ0) is 12.3. The van der Waals surface area contributed by atoms with Crippen molar-refractivity contribution in [1.82, 2.24) is 4.98 Å². The number of rotatable bonds is 4. The predicted octanol–water partition coefficient (Wildman–Crippen LogP) is 2.44.